The third-order valence-corrected chi connectivity index (χ3v) is 3.47. The quantitative estimate of drug-likeness (QED) is 0.924. The molecule has 0 aliphatic heterocycles. The molecule has 0 fully saturated rings. The van der Waals surface area contributed by atoms with Crippen molar-refractivity contribution in [2.75, 3.05) is 11.9 Å². The maximum atomic E-state index is 4.67. The maximum absolute atomic E-state index is 4.67. The Morgan fingerprint density at radius 3 is 2.63 bits per heavy atom. The topological polar surface area (TPSA) is 50.7 Å². The fraction of sp³-hybridized carbons (Fsp3) is 0.500. The van der Waals surface area contributed by atoms with E-state index in [4.69, 9.17) is 0 Å². The Labute approximate surface area is 118 Å². The normalized spacial score (nSPS) is 11.6. The minimum Gasteiger partial charge on any atom is -0.370 e. The highest BCUT2D eigenvalue weighted by atomic mass is 32.1. The van der Waals surface area contributed by atoms with Gasteiger partial charge in [0.25, 0.3) is 0 Å². The van der Waals surface area contributed by atoms with Crippen LogP contribution in [0, 0.1) is 0 Å². The smallest absolute Gasteiger partial charge is 0.173 e. The van der Waals surface area contributed by atoms with Crippen LogP contribution < -0.4 is 5.32 Å². The van der Waals surface area contributed by atoms with Crippen LogP contribution in [0.2, 0.25) is 0 Å². The minimum atomic E-state index is 0.00498. The Balaban J connectivity index is 2.43. The third kappa shape index (κ3) is 3.50. The fourth-order valence-corrected chi connectivity index (χ4v) is 2.17. The summed E-state index contributed by atoms with van der Waals surface area (Å²) in [6, 6.07) is 2.04. The Bertz CT molecular complexity index is 529. The van der Waals surface area contributed by atoms with Crippen molar-refractivity contribution < 1.29 is 0 Å². The molecule has 2 rings (SSSR count). The van der Waals surface area contributed by atoms with Gasteiger partial charge in [-0.05, 0) is 6.42 Å². The van der Waals surface area contributed by atoms with Crippen LogP contribution in [-0.4, -0.2) is 21.5 Å². The van der Waals surface area contributed by atoms with Gasteiger partial charge in [0.15, 0.2) is 5.82 Å². The number of anilines is 1. The average molecular weight is 276 g/mol. The summed E-state index contributed by atoms with van der Waals surface area (Å²) in [6.07, 6.45) is 2.89. The van der Waals surface area contributed by atoms with Gasteiger partial charge in [-0.25, -0.2) is 9.97 Å². The van der Waals surface area contributed by atoms with Crippen molar-refractivity contribution in [3.8, 4) is 10.7 Å². The first kappa shape index (κ1) is 13.9. The van der Waals surface area contributed by atoms with Crippen LogP contribution in [0.1, 0.15) is 39.8 Å². The van der Waals surface area contributed by atoms with Crippen LogP contribution >= 0.6 is 11.3 Å². The second-order valence-corrected chi connectivity index (χ2v) is 6.39. The molecule has 0 spiro atoms. The molecule has 0 amide bonds. The Morgan fingerprint density at radius 2 is 2.05 bits per heavy atom. The molecule has 19 heavy (non-hydrogen) atoms. The maximum Gasteiger partial charge on any atom is 0.173 e. The Kier molecular flexibility index (Phi) is 4.14. The standard InChI is InChI=1S/C14H20N4S/c1-5-6-16-12-7-11(14(2,3)4)17-13(18-12)10-8-15-9-19-10/h7-9H,5-6H2,1-4H3,(H,16,17,18). The summed E-state index contributed by atoms with van der Waals surface area (Å²) in [5.41, 5.74) is 2.86. The predicted molar refractivity (Wildman–Crippen MR) is 80.6 cm³/mol. The van der Waals surface area contributed by atoms with Gasteiger partial charge in [0.05, 0.1) is 16.1 Å². The SMILES string of the molecule is CCCNc1cc(C(C)(C)C)nc(-c2cncs2)n1. The van der Waals surface area contributed by atoms with Gasteiger partial charge in [0, 0.05) is 24.2 Å². The van der Waals surface area contributed by atoms with Gasteiger partial charge in [-0.1, -0.05) is 27.7 Å². The Morgan fingerprint density at radius 1 is 1.26 bits per heavy atom. The molecule has 0 atom stereocenters. The number of rotatable bonds is 4. The van der Waals surface area contributed by atoms with E-state index in [2.05, 4.69) is 48.0 Å². The first-order valence-corrected chi connectivity index (χ1v) is 7.41. The molecule has 0 unspecified atom stereocenters. The molecule has 2 aromatic rings. The number of nitrogens with zero attached hydrogens (tertiary/aromatic N) is 3. The van der Waals surface area contributed by atoms with Crippen LogP contribution in [0.5, 0.6) is 0 Å². The van der Waals surface area contributed by atoms with Crippen LogP contribution in [0.15, 0.2) is 17.8 Å². The molecule has 1 N–H and O–H groups in total. The summed E-state index contributed by atoms with van der Waals surface area (Å²) in [6.45, 7) is 9.55. The molecule has 0 saturated heterocycles. The van der Waals surface area contributed by atoms with Crippen molar-refractivity contribution >= 4 is 17.2 Å². The zero-order valence-electron chi connectivity index (χ0n) is 11.9. The van der Waals surface area contributed by atoms with E-state index in [1.807, 2.05) is 17.8 Å². The zero-order valence-corrected chi connectivity index (χ0v) is 12.7. The van der Waals surface area contributed by atoms with Crippen molar-refractivity contribution in [2.24, 2.45) is 0 Å². The number of aromatic nitrogens is 3. The summed E-state index contributed by atoms with van der Waals surface area (Å²) in [5, 5.41) is 3.34. The van der Waals surface area contributed by atoms with E-state index in [-0.39, 0.29) is 5.41 Å². The molecule has 102 valence electrons. The lowest BCUT2D eigenvalue weighted by Gasteiger charge is -2.19. The number of hydrogen-bond acceptors (Lipinski definition) is 5. The molecule has 0 bridgehead atoms. The molecule has 2 heterocycles. The van der Waals surface area contributed by atoms with E-state index < -0.39 is 0 Å². The van der Waals surface area contributed by atoms with Gasteiger partial charge in [-0.3, -0.25) is 4.98 Å². The highest BCUT2D eigenvalue weighted by Crippen LogP contribution is 2.27. The second kappa shape index (κ2) is 5.65. The third-order valence-electron chi connectivity index (χ3n) is 2.70. The summed E-state index contributed by atoms with van der Waals surface area (Å²) >= 11 is 1.56. The zero-order chi connectivity index (χ0) is 13.9. The molecule has 4 nitrogen and oxygen atoms in total. The molecule has 0 aliphatic rings. The van der Waals surface area contributed by atoms with Crippen LogP contribution in [0.3, 0.4) is 0 Å². The van der Waals surface area contributed by atoms with Crippen molar-refractivity contribution in [1.29, 1.82) is 0 Å². The van der Waals surface area contributed by atoms with E-state index in [1.165, 1.54) is 0 Å². The first-order chi connectivity index (χ1) is 9.00. The molecular formula is C14H20N4S. The summed E-state index contributed by atoms with van der Waals surface area (Å²) in [5.74, 6) is 1.65. The van der Waals surface area contributed by atoms with E-state index in [0.717, 1.165) is 35.2 Å². The van der Waals surface area contributed by atoms with E-state index >= 15 is 0 Å². The molecule has 0 aliphatic carbocycles. The van der Waals surface area contributed by atoms with Crippen molar-refractivity contribution in [3.05, 3.63) is 23.5 Å². The first-order valence-electron chi connectivity index (χ1n) is 6.53. The van der Waals surface area contributed by atoms with Gasteiger partial charge in [0.2, 0.25) is 0 Å². The monoisotopic (exact) mass is 276 g/mol. The van der Waals surface area contributed by atoms with Crippen LogP contribution in [0.25, 0.3) is 10.7 Å². The largest absolute Gasteiger partial charge is 0.370 e. The molecule has 2 aromatic heterocycles. The number of hydrogen-bond donors (Lipinski definition) is 1. The van der Waals surface area contributed by atoms with E-state index in [9.17, 15) is 0 Å². The lowest BCUT2D eigenvalue weighted by molar-refractivity contribution is 0.568. The van der Waals surface area contributed by atoms with Crippen LogP contribution in [-0.2, 0) is 5.41 Å². The minimum absolute atomic E-state index is 0.00498. The van der Waals surface area contributed by atoms with Gasteiger partial charge in [-0.15, -0.1) is 11.3 Å². The van der Waals surface area contributed by atoms with Crippen molar-refractivity contribution in [3.63, 3.8) is 0 Å². The summed E-state index contributed by atoms with van der Waals surface area (Å²) < 4.78 is 0. The molecular weight excluding hydrogens is 256 g/mol. The fourth-order valence-electron chi connectivity index (χ4n) is 1.61. The molecule has 5 heteroatoms. The van der Waals surface area contributed by atoms with Crippen LogP contribution in [0.4, 0.5) is 5.82 Å². The molecule has 0 saturated carbocycles. The van der Waals surface area contributed by atoms with Crippen molar-refractivity contribution in [2.45, 2.75) is 39.5 Å². The van der Waals surface area contributed by atoms with E-state index in [1.54, 1.807) is 11.3 Å². The van der Waals surface area contributed by atoms with Crippen molar-refractivity contribution in [1.82, 2.24) is 15.0 Å². The number of thiazole rings is 1. The second-order valence-electron chi connectivity index (χ2n) is 5.50. The lowest BCUT2D eigenvalue weighted by atomic mass is 9.92. The highest BCUT2D eigenvalue weighted by Gasteiger charge is 2.18. The summed E-state index contributed by atoms with van der Waals surface area (Å²) in [7, 11) is 0. The Hall–Kier alpha value is -1.49. The van der Waals surface area contributed by atoms with E-state index in [0.29, 0.717) is 0 Å². The van der Waals surface area contributed by atoms with Gasteiger partial charge in [0.1, 0.15) is 5.82 Å². The highest BCUT2D eigenvalue weighted by molar-refractivity contribution is 7.13. The van der Waals surface area contributed by atoms with Gasteiger partial charge < -0.3 is 5.32 Å². The molecule has 0 aromatic carbocycles. The molecule has 0 radical (unpaired) electrons. The summed E-state index contributed by atoms with van der Waals surface area (Å²) in [4.78, 5) is 14.4. The number of nitrogens with one attached hydrogen (secondary N) is 1. The average Bonchev–Trinajstić information content (AvgIpc) is 2.89. The van der Waals surface area contributed by atoms with Gasteiger partial charge in [-0.2, -0.15) is 0 Å². The van der Waals surface area contributed by atoms with Gasteiger partial charge >= 0.3 is 0 Å². The predicted octanol–water partition coefficient (Wildman–Crippen LogP) is 3.72. The lowest BCUT2D eigenvalue weighted by Crippen LogP contribution is -2.16.